The third-order valence-electron chi connectivity index (χ3n) is 4.51. The Morgan fingerprint density at radius 2 is 2.08 bits per heavy atom. The summed E-state index contributed by atoms with van der Waals surface area (Å²) >= 11 is 0. The summed E-state index contributed by atoms with van der Waals surface area (Å²) in [5.41, 5.74) is 3.43. The Kier molecular flexibility index (Phi) is 7.07. The zero-order chi connectivity index (χ0) is 19.0. The standard InChI is InChI=1S/C22H29N3O/c1-5-7-21(15-18(3)4)25-14-12-22(25,24-26)16-19-8-10-20(11-9-19)17-23-13-6-2/h5,7-11,15,17H,3,6,12-14,16H2,1-2,4H3/b7-5-,21-15+,23-17+. The number of rotatable bonds is 9. The lowest BCUT2D eigenvalue weighted by molar-refractivity contribution is 0.0300. The number of aliphatic imine (C=N–C) groups is 1. The van der Waals surface area contributed by atoms with Crippen LogP contribution in [0.4, 0.5) is 0 Å². The zero-order valence-corrected chi connectivity index (χ0v) is 16.1. The summed E-state index contributed by atoms with van der Waals surface area (Å²) in [4.78, 5) is 18.2. The summed E-state index contributed by atoms with van der Waals surface area (Å²) in [6.07, 6.45) is 10.3. The van der Waals surface area contributed by atoms with E-state index in [4.69, 9.17) is 0 Å². The number of likely N-dealkylation sites (tertiary alicyclic amines) is 1. The van der Waals surface area contributed by atoms with E-state index in [2.05, 4.69) is 40.7 Å². The maximum Gasteiger partial charge on any atom is 0.179 e. The second kappa shape index (κ2) is 9.27. The maximum atomic E-state index is 11.8. The number of nitroso groups, excluding NO2 is 1. The first-order valence-corrected chi connectivity index (χ1v) is 9.25. The fraction of sp³-hybridized carbons (Fsp3) is 0.409. The van der Waals surface area contributed by atoms with Crippen molar-refractivity contribution in [2.45, 2.75) is 45.7 Å². The molecule has 0 aliphatic carbocycles. The molecule has 1 atom stereocenters. The molecule has 1 aromatic rings. The van der Waals surface area contributed by atoms with E-state index in [1.54, 1.807) is 0 Å². The topological polar surface area (TPSA) is 45.0 Å². The van der Waals surface area contributed by atoms with Gasteiger partial charge in [0.05, 0.1) is 0 Å². The molecule has 0 N–H and O–H groups in total. The van der Waals surface area contributed by atoms with Gasteiger partial charge in [-0.2, -0.15) is 0 Å². The summed E-state index contributed by atoms with van der Waals surface area (Å²) in [7, 11) is 0. The Hall–Kier alpha value is -2.49. The summed E-state index contributed by atoms with van der Waals surface area (Å²) in [6, 6.07) is 8.22. The number of hydrogen-bond acceptors (Lipinski definition) is 4. The summed E-state index contributed by atoms with van der Waals surface area (Å²) in [6.45, 7) is 11.7. The molecule has 1 fully saturated rings. The lowest BCUT2D eigenvalue weighted by Crippen LogP contribution is -2.58. The number of nitrogens with zero attached hydrogens (tertiary/aromatic N) is 3. The van der Waals surface area contributed by atoms with Gasteiger partial charge in [0.15, 0.2) is 5.66 Å². The minimum absolute atomic E-state index is 0.605. The summed E-state index contributed by atoms with van der Waals surface area (Å²) < 4.78 is 0. The fourth-order valence-electron chi connectivity index (χ4n) is 3.15. The molecular weight excluding hydrogens is 322 g/mol. The van der Waals surface area contributed by atoms with Gasteiger partial charge in [0.25, 0.3) is 0 Å². The van der Waals surface area contributed by atoms with E-state index >= 15 is 0 Å². The minimum Gasteiger partial charge on any atom is -0.344 e. The molecule has 26 heavy (non-hydrogen) atoms. The van der Waals surface area contributed by atoms with Crippen LogP contribution in [0.5, 0.6) is 0 Å². The van der Waals surface area contributed by atoms with Gasteiger partial charge in [-0.1, -0.05) is 49.4 Å². The predicted octanol–water partition coefficient (Wildman–Crippen LogP) is 5.26. The number of allylic oxidation sites excluding steroid dienone is 4. The van der Waals surface area contributed by atoms with E-state index in [-0.39, 0.29) is 0 Å². The van der Waals surface area contributed by atoms with E-state index in [0.29, 0.717) is 6.42 Å². The van der Waals surface area contributed by atoms with E-state index in [9.17, 15) is 4.91 Å². The van der Waals surface area contributed by atoms with Crippen molar-refractivity contribution < 1.29 is 0 Å². The van der Waals surface area contributed by atoms with Crippen molar-refractivity contribution in [1.82, 2.24) is 4.90 Å². The van der Waals surface area contributed by atoms with Gasteiger partial charge in [0, 0.05) is 37.8 Å². The Balaban J connectivity index is 2.17. The highest BCUT2D eigenvalue weighted by Crippen LogP contribution is 2.39. The van der Waals surface area contributed by atoms with Crippen molar-refractivity contribution in [3.8, 4) is 0 Å². The van der Waals surface area contributed by atoms with Crippen molar-refractivity contribution in [2.24, 2.45) is 10.2 Å². The summed E-state index contributed by atoms with van der Waals surface area (Å²) in [5, 5.41) is 3.54. The molecule has 1 aliphatic rings. The Morgan fingerprint density at radius 1 is 1.35 bits per heavy atom. The molecule has 4 heteroatoms. The monoisotopic (exact) mass is 351 g/mol. The average molecular weight is 351 g/mol. The van der Waals surface area contributed by atoms with Gasteiger partial charge in [0.1, 0.15) is 0 Å². The van der Waals surface area contributed by atoms with Crippen LogP contribution in [-0.4, -0.2) is 29.9 Å². The summed E-state index contributed by atoms with van der Waals surface area (Å²) in [5.74, 6) is 0. The molecule has 2 rings (SSSR count). The van der Waals surface area contributed by atoms with Crippen LogP contribution in [0.3, 0.4) is 0 Å². The van der Waals surface area contributed by atoms with E-state index in [0.717, 1.165) is 48.3 Å². The van der Waals surface area contributed by atoms with Gasteiger partial charge in [-0.05, 0) is 48.7 Å². The van der Waals surface area contributed by atoms with E-state index in [1.807, 2.05) is 50.4 Å². The molecule has 0 aromatic heterocycles. The van der Waals surface area contributed by atoms with Gasteiger partial charge < -0.3 is 4.90 Å². The zero-order valence-electron chi connectivity index (χ0n) is 16.1. The van der Waals surface area contributed by atoms with Crippen LogP contribution in [0.15, 0.2) is 70.5 Å². The van der Waals surface area contributed by atoms with Crippen LogP contribution in [0.2, 0.25) is 0 Å². The molecule has 0 amide bonds. The van der Waals surface area contributed by atoms with Crippen molar-refractivity contribution in [2.75, 3.05) is 13.1 Å². The molecule has 138 valence electrons. The van der Waals surface area contributed by atoms with Crippen molar-refractivity contribution in [3.63, 3.8) is 0 Å². The molecular formula is C22H29N3O. The third-order valence-corrected chi connectivity index (χ3v) is 4.51. The molecule has 0 spiro atoms. The molecule has 0 saturated carbocycles. The maximum absolute atomic E-state index is 11.8. The van der Waals surface area contributed by atoms with Crippen molar-refractivity contribution >= 4 is 6.21 Å². The number of benzene rings is 1. The molecule has 4 nitrogen and oxygen atoms in total. The van der Waals surface area contributed by atoms with Crippen LogP contribution in [-0.2, 0) is 6.42 Å². The average Bonchev–Trinajstić information content (AvgIpc) is 2.60. The van der Waals surface area contributed by atoms with Crippen molar-refractivity contribution in [3.05, 3.63) is 76.4 Å². The third kappa shape index (κ3) is 4.78. The lowest BCUT2D eigenvalue weighted by Gasteiger charge is -2.49. The molecule has 1 unspecified atom stereocenters. The smallest absolute Gasteiger partial charge is 0.179 e. The largest absolute Gasteiger partial charge is 0.344 e. The SMILES string of the molecule is C=C(C)/C=C(\C=C/C)N1CCC1(Cc1ccc(/C=N/CCC)cc1)N=O. The van der Waals surface area contributed by atoms with Crippen LogP contribution < -0.4 is 0 Å². The molecule has 1 aromatic carbocycles. The van der Waals surface area contributed by atoms with Crippen molar-refractivity contribution in [1.29, 1.82) is 0 Å². The molecule has 0 radical (unpaired) electrons. The molecule has 1 saturated heterocycles. The second-order valence-corrected chi connectivity index (χ2v) is 6.84. The van der Waals surface area contributed by atoms with Crippen LogP contribution in [0.1, 0.15) is 44.7 Å². The normalized spacial score (nSPS) is 20.6. The van der Waals surface area contributed by atoms with Crippen LogP contribution >= 0.6 is 0 Å². The second-order valence-electron chi connectivity index (χ2n) is 6.84. The predicted molar refractivity (Wildman–Crippen MR) is 110 cm³/mol. The first-order chi connectivity index (χ1) is 12.5. The van der Waals surface area contributed by atoms with Crippen LogP contribution in [0.25, 0.3) is 0 Å². The Labute approximate surface area is 157 Å². The van der Waals surface area contributed by atoms with E-state index < -0.39 is 5.66 Å². The Bertz CT molecular complexity index is 715. The highest BCUT2D eigenvalue weighted by atomic mass is 16.3. The van der Waals surface area contributed by atoms with Gasteiger partial charge in [0.2, 0.25) is 0 Å². The highest BCUT2D eigenvalue weighted by molar-refractivity contribution is 5.79. The first kappa shape index (κ1) is 19.8. The molecule has 0 bridgehead atoms. The van der Waals surface area contributed by atoms with Gasteiger partial charge in [-0.15, -0.1) is 4.91 Å². The molecule has 1 aliphatic heterocycles. The molecule has 1 heterocycles. The van der Waals surface area contributed by atoms with E-state index in [1.165, 1.54) is 0 Å². The Morgan fingerprint density at radius 3 is 2.58 bits per heavy atom. The van der Waals surface area contributed by atoms with Gasteiger partial charge in [-0.3, -0.25) is 4.99 Å². The van der Waals surface area contributed by atoms with Crippen LogP contribution in [0, 0.1) is 4.91 Å². The minimum atomic E-state index is -0.710. The quantitative estimate of drug-likeness (QED) is 0.346. The van der Waals surface area contributed by atoms with Gasteiger partial charge in [-0.25, -0.2) is 0 Å². The highest BCUT2D eigenvalue weighted by Gasteiger charge is 2.47. The van der Waals surface area contributed by atoms with Gasteiger partial charge >= 0.3 is 0 Å². The number of hydrogen-bond donors (Lipinski definition) is 0. The first-order valence-electron chi connectivity index (χ1n) is 9.25. The fourth-order valence-corrected chi connectivity index (χ4v) is 3.15. The lowest BCUT2D eigenvalue weighted by atomic mass is 9.87.